The Morgan fingerprint density at radius 1 is 1.00 bits per heavy atom. The highest BCUT2D eigenvalue weighted by Crippen LogP contribution is 2.31. The van der Waals surface area contributed by atoms with Gasteiger partial charge in [0, 0.05) is 35.9 Å². The molecule has 5 rings (SSSR count). The number of nitrogens with zero attached hydrogens (tertiary/aromatic N) is 5. The van der Waals surface area contributed by atoms with Gasteiger partial charge in [0.15, 0.2) is 5.78 Å². The predicted molar refractivity (Wildman–Crippen MR) is 132 cm³/mol. The first-order valence-electron chi connectivity index (χ1n) is 11.6. The van der Waals surface area contributed by atoms with Crippen molar-refractivity contribution in [2.24, 2.45) is 7.05 Å². The molecule has 5 aromatic rings. The molecule has 0 saturated heterocycles. The number of rotatable bonds is 8. The van der Waals surface area contributed by atoms with E-state index in [4.69, 9.17) is 9.05 Å². The molecule has 3 aromatic heterocycles. The SMILES string of the molecule is Cc1cc(CCC(=O)C(O)c2ccc(-c3noc(-c4onc(-c5ccccc5)c4C)n3)cc2)n(C)n1. The van der Waals surface area contributed by atoms with Crippen molar-refractivity contribution in [3.05, 3.63) is 83.2 Å². The molecule has 1 atom stereocenters. The Morgan fingerprint density at radius 2 is 1.75 bits per heavy atom. The fraction of sp³-hybridized carbons (Fsp3) is 0.222. The molecular formula is C27H25N5O4. The fourth-order valence-corrected chi connectivity index (χ4v) is 4.12. The van der Waals surface area contributed by atoms with Crippen molar-refractivity contribution in [3.63, 3.8) is 0 Å². The fourth-order valence-electron chi connectivity index (χ4n) is 4.12. The maximum Gasteiger partial charge on any atom is 0.297 e. The summed E-state index contributed by atoms with van der Waals surface area (Å²) in [7, 11) is 1.84. The molecule has 0 radical (unpaired) electrons. The Bertz CT molecular complexity index is 1500. The number of aryl methyl sites for hydroxylation is 3. The Morgan fingerprint density at radius 3 is 2.44 bits per heavy atom. The minimum Gasteiger partial charge on any atom is -0.381 e. The molecule has 1 N–H and O–H groups in total. The smallest absolute Gasteiger partial charge is 0.297 e. The molecular weight excluding hydrogens is 458 g/mol. The van der Waals surface area contributed by atoms with Crippen molar-refractivity contribution in [2.75, 3.05) is 0 Å². The summed E-state index contributed by atoms with van der Waals surface area (Å²) in [4.78, 5) is 17.0. The number of carbonyl (C=O) groups excluding carboxylic acids is 1. The quantitative estimate of drug-likeness (QED) is 0.339. The molecule has 0 saturated carbocycles. The summed E-state index contributed by atoms with van der Waals surface area (Å²) < 4.78 is 12.7. The maximum absolute atomic E-state index is 12.6. The first kappa shape index (κ1) is 23.4. The Kier molecular flexibility index (Phi) is 6.30. The normalized spacial score (nSPS) is 12.1. The van der Waals surface area contributed by atoms with E-state index in [1.807, 2.05) is 57.3 Å². The zero-order chi connectivity index (χ0) is 25.2. The van der Waals surface area contributed by atoms with Crippen LogP contribution in [-0.2, 0) is 18.3 Å². The van der Waals surface area contributed by atoms with Crippen molar-refractivity contribution in [2.45, 2.75) is 32.8 Å². The van der Waals surface area contributed by atoms with Crippen LogP contribution < -0.4 is 0 Å². The highest BCUT2D eigenvalue weighted by molar-refractivity contribution is 5.84. The second-order valence-corrected chi connectivity index (χ2v) is 8.67. The van der Waals surface area contributed by atoms with E-state index >= 15 is 0 Å². The monoisotopic (exact) mass is 483 g/mol. The predicted octanol–water partition coefficient (Wildman–Crippen LogP) is 4.64. The van der Waals surface area contributed by atoms with Crippen molar-refractivity contribution in [3.8, 4) is 34.3 Å². The number of hydrogen-bond acceptors (Lipinski definition) is 8. The van der Waals surface area contributed by atoms with Gasteiger partial charge in [-0.3, -0.25) is 9.48 Å². The Balaban J connectivity index is 1.27. The van der Waals surface area contributed by atoms with Gasteiger partial charge in [-0.25, -0.2) is 0 Å². The van der Waals surface area contributed by atoms with Crippen LogP contribution in [0.15, 0.2) is 69.7 Å². The number of hydrogen-bond donors (Lipinski definition) is 1. The number of ketones is 1. The first-order valence-corrected chi connectivity index (χ1v) is 11.6. The number of carbonyl (C=O) groups is 1. The van der Waals surface area contributed by atoms with Crippen molar-refractivity contribution in [1.82, 2.24) is 25.1 Å². The van der Waals surface area contributed by atoms with Crippen LogP contribution in [0, 0.1) is 13.8 Å². The van der Waals surface area contributed by atoms with Gasteiger partial charge in [0.25, 0.3) is 5.89 Å². The van der Waals surface area contributed by atoms with Crippen molar-refractivity contribution >= 4 is 5.78 Å². The molecule has 0 fully saturated rings. The Labute approximate surface area is 207 Å². The summed E-state index contributed by atoms with van der Waals surface area (Å²) in [6.45, 7) is 3.80. The van der Waals surface area contributed by atoms with E-state index in [1.54, 1.807) is 28.9 Å². The largest absolute Gasteiger partial charge is 0.381 e. The zero-order valence-electron chi connectivity index (χ0n) is 20.2. The average Bonchev–Trinajstić information content (AvgIpc) is 3.61. The highest BCUT2D eigenvalue weighted by atomic mass is 16.5. The molecule has 0 aliphatic rings. The van der Waals surface area contributed by atoms with E-state index < -0.39 is 6.10 Å². The summed E-state index contributed by atoms with van der Waals surface area (Å²) in [6.07, 6.45) is -0.468. The van der Waals surface area contributed by atoms with Crippen LogP contribution in [-0.4, -0.2) is 36.0 Å². The number of benzene rings is 2. The summed E-state index contributed by atoms with van der Waals surface area (Å²) in [5, 5.41) is 23.0. The summed E-state index contributed by atoms with van der Waals surface area (Å²) in [5.74, 6) is 0.746. The molecule has 1 unspecified atom stereocenters. The molecule has 9 nitrogen and oxygen atoms in total. The summed E-state index contributed by atoms with van der Waals surface area (Å²) in [6, 6.07) is 18.5. The lowest BCUT2D eigenvalue weighted by atomic mass is 10.0. The molecule has 182 valence electrons. The second kappa shape index (κ2) is 9.71. The van der Waals surface area contributed by atoms with Gasteiger partial charge < -0.3 is 14.2 Å². The molecule has 0 spiro atoms. The Hall–Kier alpha value is -4.37. The number of aliphatic hydroxyl groups is 1. The van der Waals surface area contributed by atoms with E-state index in [2.05, 4.69) is 20.4 Å². The molecule has 0 bridgehead atoms. The van der Waals surface area contributed by atoms with Crippen LogP contribution in [0.3, 0.4) is 0 Å². The lowest BCUT2D eigenvalue weighted by molar-refractivity contribution is -0.127. The minimum absolute atomic E-state index is 0.220. The number of Topliss-reactive ketones (excluding diaryl/α,β-unsaturated/α-hetero) is 1. The number of aromatic nitrogens is 5. The molecule has 3 heterocycles. The van der Waals surface area contributed by atoms with Gasteiger partial charge in [0.1, 0.15) is 11.8 Å². The van der Waals surface area contributed by atoms with Crippen LogP contribution in [0.1, 0.15) is 35.0 Å². The highest BCUT2D eigenvalue weighted by Gasteiger charge is 2.22. The molecule has 0 aliphatic carbocycles. The zero-order valence-corrected chi connectivity index (χ0v) is 20.2. The van der Waals surface area contributed by atoms with Crippen LogP contribution in [0.4, 0.5) is 0 Å². The third kappa shape index (κ3) is 4.60. The van der Waals surface area contributed by atoms with E-state index in [0.717, 1.165) is 22.5 Å². The third-order valence-corrected chi connectivity index (χ3v) is 6.11. The van der Waals surface area contributed by atoms with E-state index in [0.29, 0.717) is 34.8 Å². The third-order valence-electron chi connectivity index (χ3n) is 6.11. The van der Waals surface area contributed by atoms with Gasteiger partial charge in [-0.05, 0) is 31.9 Å². The lowest BCUT2D eigenvalue weighted by Crippen LogP contribution is -2.13. The molecule has 0 aliphatic heterocycles. The topological polar surface area (TPSA) is 120 Å². The summed E-state index contributed by atoms with van der Waals surface area (Å²) in [5.41, 5.74) is 5.49. The van der Waals surface area contributed by atoms with E-state index in [-0.39, 0.29) is 18.1 Å². The minimum atomic E-state index is -1.21. The molecule has 2 aromatic carbocycles. The van der Waals surface area contributed by atoms with Gasteiger partial charge >= 0.3 is 0 Å². The average molecular weight is 484 g/mol. The van der Waals surface area contributed by atoms with Gasteiger partial charge in [-0.1, -0.05) is 64.9 Å². The van der Waals surface area contributed by atoms with Gasteiger partial charge in [-0.2, -0.15) is 10.1 Å². The van der Waals surface area contributed by atoms with Crippen LogP contribution in [0.25, 0.3) is 34.3 Å². The second-order valence-electron chi connectivity index (χ2n) is 8.67. The molecule has 0 amide bonds. The van der Waals surface area contributed by atoms with Gasteiger partial charge in [0.05, 0.1) is 5.69 Å². The molecule has 9 heteroatoms. The van der Waals surface area contributed by atoms with E-state index in [1.165, 1.54) is 0 Å². The van der Waals surface area contributed by atoms with Crippen LogP contribution >= 0.6 is 0 Å². The van der Waals surface area contributed by atoms with Crippen LogP contribution in [0.5, 0.6) is 0 Å². The lowest BCUT2D eigenvalue weighted by Gasteiger charge is -2.10. The standard InChI is InChI=1S/C27H25N5O4/c1-16-15-21(32(3)29-16)13-14-22(33)24(34)19-9-11-20(12-10-19)26-28-27(36-31-26)25-17(2)23(30-35-25)18-7-5-4-6-8-18/h4-12,15,24,34H,13-14H2,1-3H3. The van der Waals surface area contributed by atoms with Crippen molar-refractivity contribution < 1.29 is 18.9 Å². The van der Waals surface area contributed by atoms with E-state index in [9.17, 15) is 9.90 Å². The number of aliphatic hydroxyl groups excluding tert-OH is 1. The van der Waals surface area contributed by atoms with Gasteiger partial charge in [0.2, 0.25) is 11.6 Å². The van der Waals surface area contributed by atoms with Gasteiger partial charge in [-0.15, -0.1) is 0 Å². The maximum atomic E-state index is 12.6. The van der Waals surface area contributed by atoms with Crippen molar-refractivity contribution in [1.29, 1.82) is 0 Å². The van der Waals surface area contributed by atoms with Crippen LogP contribution in [0.2, 0.25) is 0 Å². The molecule has 36 heavy (non-hydrogen) atoms. The first-order chi connectivity index (χ1) is 17.4. The summed E-state index contributed by atoms with van der Waals surface area (Å²) >= 11 is 0.